The largest absolute Gasteiger partial charge is 0.481 e. The molecule has 0 bridgehead atoms. The minimum Gasteiger partial charge on any atom is -0.481 e. The molecule has 1 fully saturated rings. The maximum atomic E-state index is 10.9. The van der Waals surface area contributed by atoms with E-state index < -0.39 is 36.0 Å². The number of esters is 1. The molecule has 1 unspecified atom stereocenters. The Bertz CT molecular complexity index is 481. The molecule has 11 nitrogen and oxygen atoms in total. The fraction of sp³-hybridized carbons (Fsp3) is 0.667. The van der Waals surface area contributed by atoms with Gasteiger partial charge in [0.15, 0.2) is 6.10 Å². The summed E-state index contributed by atoms with van der Waals surface area (Å²) in [7, 11) is 0. The van der Waals surface area contributed by atoms with Gasteiger partial charge in [0, 0.05) is 6.92 Å². The Hall–Kier alpha value is -2.69. The molecule has 1 saturated heterocycles. The van der Waals surface area contributed by atoms with Crippen molar-refractivity contribution in [2.24, 2.45) is 0 Å². The first-order valence-corrected chi connectivity index (χ1v) is 7.81. The van der Waals surface area contributed by atoms with Gasteiger partial charge in [-0.05, 0) is 25.8 Å². The highest BCUT2D eigenvalue weighted by Gasteiger charge is 2.20. The van der Waals surface area contributed by atoms with Crippen molar-refractivity contribution < 1.29 is 49.1 Å². The molecule has 2 atom stereocenters. The highest BCUT2D eigenvalue weighted by Crippen LogP contribution is 2.03. The predicted octanol–water partition coefficient (Wildman–Crippen LogP) is 0.172. The standard InChI is InChI=1S/C8H12O6.C5H9NO2.C2H4O2/c1-2-5(8(12)13)14-7(11)4-3-6(9)10;7-5(8)4-2-1-3-6-4;1-2(3)4/h5H,2-4H2,1H3,(H,9,10)(H,12,13);4,6H,1-3H2,(H,7,8);1H3,(H,3,4)/t;4-;/m.0./s1. The lowest BCUT2D eigenvalue weighted by Crippen LogP contribution is -2.29. The van der Waals surface area contributed by atoms with Crippen molar-refractivity contribution in [3.8, 4) is 0 Å². The van der Waals surface area contributed by atoms with E-state index in [0.717, 1.165) is 26.3 Å². The number of hydrogen-bond donors (Lipinski definition) is 5. The number of ether oxygens (including phenoxy) is 1. The summed E-state index contributed by atoms with van der Waals surface area (Å²) in [6.45, 7) is 3.50. The summed E-state index contributed by atoms with van der Waals surface area (Å²) in [5.41, 5.74) is 0. The van der Waals surface area contributed by atoms with E-state index in [1.165, 1.54) is 0 Å². The maximum absolute atomic E-state index is 10.9. The van der Waals surface area contributed by atoms with Gasteiger partial charge in [0.25, 0.3) is 5.97 Å². The van der Waals surface area contributed by atoms with Crippen molar-refractivity contribution in [3.63, 3.8) is 0 Å². The van der Waals surface area contributed by atoms with Crippen LogP contribution in [0.1, 0.15) is 46.0 Å². The number of carboxylic acids is 4. The van der Waals surface area contributed by atoms with Crippen molar-refractivity contribution >= 4 is 29.8 Å². The smallest absolute Gasteiger partial charge is 0.345 e. The van der Waals surface area contributed by atoms with Crippen LogP contribution in [-0.2, 0) is 28.7 Å². The third-order valence-corrected chi connectivity index (χ3v) is 2.82. The van der Waals surface area contributed by atoms with Crippen molar-refractivity contribution in [2.75, 3.05) is 6.54 Å². The second-order valence-corrected chi connectivity index (χ2v) is 5.12. The Kier molecular flexibility index (Phi) is 14.4. The molecule has 0 amide bonds. The average molecular weight is 379 g/mol. The monoisotopic (exact) mass is 379 g/mol. The summed E-state index contributed by atoms with van der Waals surface area (Å²) >= 11 is 0. The van der Waals surface area contributed by atoms with Crippen LogP contribution in [0.2, 0.25) is 0 Å². The van der Waals surface area contributed by atoms with Gasteiger partial charge in [-0.3, -0.25) is 19.2 Å². The zero-order valence-electron chi connectivity index (χ0n) is 14.6. The third kappa shape index (κ3) is 16.2. The van der Waals surface area contributed by atoms with Gasteiger partial charge in [-0.15, -0.1) is 0 Å². The molecule has 1 aliphatic rings. The lowest BCUT2D eigenvalue weighted by molar-refractivity contribution is -0.164. The van der Waals surface area contributed by atoms with Crippen LogP contribution in [0.5, 0.6) is 0 Å². The molecule has 5 N–H and O–H groups in total. The van der Waals surface area contributed by atoms with Crippen LogP contribution in [0.25, 0.3) is 0 Å². The topological polar surface area (TPSA) is 188 Å². The van der Waals surface area contributed by atoms with Gasteiger partial charge < -0.3 is 30.5 Å². The average Bonchev–Trinajstić information content (AvgIpc) is 3.05. The molecule has 11 heteroatoms. The molecular formula is C15H25NO10. The van der Waals surface area contributed by atoms with Gasteiger partial charge in [0.2, 0.25) is 0 Å². The zero-order valence-corrected chi connectivity index (χ0v) is 14.6. The van der Waals surface area contributed by atoms with Crippen molar-refractivity contribution in [1.29, 1.82) is 0 Å². The summed E-state index contributed by atoms with van der Waals surface area (Å²) in [5.74, 6) is -4.70. The lowest BCUT2D eigenvalue weighted by atomic mass is 10.2. The van der Waals surface area contributed by atoms with Crippen molar-refractivity contribution in [2.45, 2.75) is 58.1 Å². The molecule has 26 heavy (non-hydrogen) atoms. The molecule has 0 aromatic rings. The van der Waals surface area contributed by atoms with Gasteiger partial charge in [0.1, 0.15) is 6.04 Å². The lowest BCUT2D eigenvalue weighted by Gasteiger charge is -2.10. The van der Waals surface area contributed by atoms with Gasteiger partial charge >= 0.3 is 23.9 Å². The minimum absolute atomic E-state index is 0.161. The van der Waals surface area contributed by atoms with Crippen LogP contribution in [0.4, 0.5) is 0 Å². The van der Waals surface area contributed by atoms with E-state index in [4.69, 9.17) is 25.2 Å². The molecular weight excluding hydrogens is 354 g/mol. The van der Waals surface area contributed by atoms with E-state index in [9.17, 15) is 19.2 Å². The molecule has 0 aliphatic carbocycles. The molecule has 0 spiro atoms. The van der Waals surface area contributed by atoms with Crippen LogP contribution in [-0.4, -0.2) is 69.0 Å². The molecule has 0 aromatic carbocycles. The summed E-state index contributed by atoms with van der Waals surface area (Å²) in [6.07, 6.45) is 0.102. The number of carbonyl (C=O) groups excluding carboxylic acids is 1. The molecule has 1 aliphatic heterocycles. The minimum atomic E-state index is -1.23. The van der Waals surface area contributed by atoms with Crippen LogP contribution >= 0.6 is 0 Å². The Balaban J connectivity index is 0. The fourth-order valence-corrected chi connectivity index (χ4v) is 1.63. The number of carboxylic acid groups (broad SMARTS) is 4. The molecule has 1 heterocycles. The van der Waals surface area contributed by atoms with E-state index in [2.05, 4.69) is 10.1 Å². The second kappa shape index (κ2) is 14.6. The fourth-order valence-electron chi connectivity index (χ4n) is 1.63. The van der Waals surface area contributed by atoms with E-state index in [-0.39, 0.29) is 25.3 Å². The Morgan fingerprint density at radius 2 is 1.62 bits per heavy atom. The number of hydrogen-bond acceptors (Lipinski definition) is 7. The van der Waals surface area contributed by atoms with Crippen molar-refractivity contribution in [3.05, 3.63) is 0 Å². The summed E-state index contributed by atoms with van der Waals surface area (Å²) in [4.78, 5) is 50.5. The molecule has 0 aromatic heterocycles. The molecule has 1 rings (SSSR count). The van der Waals surface area contributed by atoms with Crippen LogP contribution in [0.3, 0.4) is 0 Å². The SMILES string of the molecule is CC(=O)O.CCC(OC(=O)CCC(=O)O)C(=O)O.O=C(O)[C@@H]1CCCN1. The first-order valence-electron chi connectivity index (χ1n) is 7.81. The van der Waals surface area contributed by atoms with E-state index >= 15 is 0 Å². The van der Waals surface area contributed by atoms with E-state index in [0.29, 0.717) is 0 Å². The first kappa shape index (κ1) is 25.5. The van der Waals surface area contributed by atoms with Crippen LogP contribution in [0.15, 0.2) is 0 Å². The quantitative estimate of drug-likeness (QED) is 0.379. The zero-order chi connectivity index (χ0) is 20.7. The highest BCUT2D eigenvalue weighted by molar-refractivity contribution is 5.80. The summed E-state index contributed by atoms with van der Waals surface area (Å²) in [6, 6.07) is -0.269. The predicted molar refractivity (Wildman–Crippen MR) is 86.6 cm³/mol. The number of rotatable bonds is 7. The maximum Gasteiger partial charge on any atom is 0.345 e. The molecule has 0 saturated carbocycles. The van der Waals surface area contributed by atoms with E-state index in [1.807, 2.05) is 0 Å². The second-order valence-electron chi connectivity index (χ2n) is 5.12. The molecule has 0 radical (unpaired) electrons. The van der Waals surface area contributed by atoms with Gasteiger partial charge in [0.05, 0.1) is 12.8 Å². The Labute approximate surface area is 150 Å². The summed E-state index contributed by atoms with van der Waals surface area (Å²) in [5, 5.41) is 35.4. The molecule has 150 valence electrons. The Morgan fingerprint density at radius 1 is 1.08 bits per heavy atom. The summed E-state index contributed by atoms with van der Waals surface area (Å²) < 4.78 is 4.51. The van der Waals surface area contributed by atoms with Gasteiger partial charge in [-0.25, -0.2) is 4.79 Å². The van der Waals surface area contributed by atoms with Crippen molar-refractivity contribution in [1.82, 2.24) is 5.32 Å². The van der Waals surface area contributed by atoms with Gasteiger partial charge in [-0.2, -0.15) is 0 Å². The number of aliphatic carboxylic acids is 4. The first-order chi connectivity index (χ1) is 12.0. The van der Waals surface area contributed by atoms with Crippen LogP contribution < -0.4 is 5.32 Å². The number of carbonyl (C=O) groups is 5. The Morgan fingerprint density at radius 3 is 1.88 bits per heavy atom. The normalized spacial score (nSPS) is 16.0. The third-order valence-electron chi connectivity index (χ3n) is 2.82. The highest BCUT2D eigenvalue weighted by atomic mass is 16.6. The van der Waals surface area contributed by atoms with Crippen LogP contribution in [0, 0.1) is 0 Å². The van der Waals surface area contributed by atoms with Gasteiger partial charge in [-0.1, -0.05) is 6.92 Å². The number of nitrogens with one attached hydrogen (secondary N) is 1. The van der Waals surface area contributed by atoms with E-state index in [1.54, 1.807) is 6.92 Å².